The third kappa shape index (κ3) is 9.57. The molecule has 0 aromatic heterocycles. The summed E-state index contributed by atoms with van der Waals surface area (Å²) in [6.07, 6.45) is 4.30. The van der Waals surface area contributed by atoms with Gasteiger partial charge in [0.15, 0.2) is 18.2 Å². The summed E-state index contributed by atoms with van der Waals surface area (Å²) in [4.78, 5) is 48.2. The number of benzene rings is 2. The molecule has 0 aliphatic heterocycles. The van der Waals surface area contributed by atoms with Crippen LogP contribution in [0.5, 0.6) is 5.75 Å². The average molecular weight is 468 g/mol. The highest BCUT2D eigenvalue weighted by molar-refractivity contribution is 6.00. The monoisotopic (exact) mass is 467 g/mol. The lowest BCUT2D eigenvalue weighted by Crippen LogP contribution is -2.15. The van der Waals surface area contributed by atoms with Crippen LogP contribution in [-0.4, -0.2) is 36.7 Å². The van der Waals surface area contributed by atoms with Crippen LogP contribution in [0.2, 0.25) is 0 Å². The average Bonchev–Trinajstić information content (AvgIpc) is 2.84. The Bertz CT molecular complexity index is 950. The first kappa shape index (κ1) is 26.8. The molecular weight excluding hydrogens is 434 g/mol. The van der Waals surface area contributed by atoms with E-state index in [9.17, 15) is 19.2 Å². The predicted octanol–water partition coefficient (Wildman–Crippen LogP) is 5.38. The minimum absolute atomic E-state index is 0.00408. The van der Waals surface area contributed by atoms with Crippen LogP contribution < -0.4 is 10.1 Å². The van der Waals surface area contributed by atoms with E-state index in [1.807, 2.05) is 6.92 Å². The van der Waals surface area contributed by atoms with E-state index in [-0.39, 0.29) is 30.3 Å². The maximum Gasteiger partial charge on any atom is 0.306 e. The van der Waals surface area contributed by atoms with Crippen LogP contribution in [0.1, 0.15) is 79.5 Å². The molecule has 0 heterocycles. The van der Waals surface area contributed by atoms with E-state index < -0.39 is 12.6 Å². The first-order chi connectivity index (χ1) is 16.4. The Labute approximate surface area is 200 Å². The lowest BCUT2D eigenvalue weighted by molar-refractivity contribution is -0.142. The second-order valence-electron chi connectivity index (χ2n) is 7.96. The van der Waals surface area contributed by atoms with Gasteiger partial charge >= 0.3 is 5.97 Å². The van der Waals surface area contributed by atoms with Gasteiger partial charge in [-0.1, -0.05) is 26.7 Å². The van der Waals surface area contributed by atoms with Gasteiger partial charge in [-0.3, -0.25) is 19.2 Å². The summed E-state index contributed by atoms with van der Waals surface area (Å²) in [6.45, 7) is 4.29. The van der Waals surface area contributed by atoms with Gasteiger partial charge in [-0.15, -0.1) is 0 Å². The molecule has 34 heavy (non-hydrogen) atoms. The summed E-state index contributed by atoms with van der Waals surface area (Å²) in [5.74, 6) is -0.526. The van der Waals surface area contributed by atoms with Gasteiger partial charge in [0, 0.05) is 29.7 Å². The smallest absolute Gasteiger partial charge is 0.306 e. The Hall–Kier alpha value is -3.48. The Balaban J connectivity index is 1.71. The van der Waals surface area contributed by atoms with Crippen LogP contribution >= 0.6 is 0 Å². The second kappa shape index (κ2) is 14.6. The molecule has 2 rings (SSSR count). The number of carbonyl (C=O) groups is 4. The molecule has 0 radical (unpaired) electrons. The van der Waals surface area contributed by atoms with Crippen molar-refractivity contribution in [1.82, 2.24) is 0 Å². The molecule has 0 saturated carbocycles. The van der Waals surface area contributed by atoms with Gasteiger partial charge in [-0.25, -0.2) is 0 Å². The van der Waals surface area contributed by atoms with Gasteiger partial charge in [0.1, 0.15) is 5.75 Å². The number of amides is 1. The molecule has 1 N–H and O–H groups in total. The number of hydrogen-bond donors (Lipinski definition) is 1. The van der Waals surface area contributed by atoms with Gasteiger partial charge in [-0.05, 0) is 61.4 Å². The van der Waals surface area contributed by atoms with Crippen molar-refractivity contribution in [2.45, 2.75) is 58.8 Å². The SMILES string of the molecule is CCCCCOc1ccc(C(=O)CCC(=O)OCC(=O)c2ccc(NC(=O)CCC)cc2)cc1. The highest BCUT2D eigenvalue weighted by Gasteiger charge is 2.13. The summed E-state index contributed by atoms with van der Waals surface area (Å²) in [5.41, 5.74) is 1.46. The molecular formula is C27H33NO6. The van der Waals surface area contributed by atoms with Crippen molar-refractivity contribution in [2.24, 2.45) is 0 Å². The van der Waals surface area contributed by atoms with Crippen LogP contribution in [0, 0.1) is 0 Å². The van der Waals surface area contributed by atoms with Crippen LogP contribution in [0.3, 0.4) is 0 Å². The first-order valence-electron chi connectivity index (χ1n) is 11.8. The summed E-state index contributed by atoms with van der Waals surface area (Å²) in [7, 11) is 0. The number of rotatable bonds is 15. The van der Waals surface area contributed by atoms with Gasteiger partial charge < -0.3 is 14.8 Å². The molecule has 0 aliphatic carbocycles. The fourth-order valence-corrected chi connectivity index (χ4v) is 3.13. The zero-order valence-electron chi connectivity index (χ0n) is 19.9. The topological polar surface area (TPSA) is 98.8 Å². The second-order valence-corrected chi connectivity index (χ2v) is 7.96. The molecule has 0 saturated heterocycles. The molecule has 0 unspecified atom stereocenters. The summed E-state index contributed by atoms with van der Waals surface area (Å²) < 4.78 is 10.7. The number of carbonyl (C=O) groups excluding carboxylic acids is 4. The van der Waals surface area contributed by atoms with Crippen LogP contribution in [0.25, 0.3) is 0 Å². The number of esters is 1. The molecule has 1 amide bonds. The molecule has 7 heteroatoms. The Morgan fingerprint density at radius 3 is 2.03 bits per heavy atom. The van der Waals surface area contributed by atoms with Crippen molar-refractivity contribution in [2.75, 3.05) is 18.5 Å². The maximum atomic E-state index is 12.3. The van der Waals surface area contributed by atoms with Crippen molar-refractivity contribution in [1.29, 1.82) is 0 Å². The first-order valence-corrected chi connectivity index (χ1v) is 11.8. The molecule has 0 fully saturated rings. The van der Waals surface area contributed by atoms with Gasteiger partial charge in [0.25, 0.3) is 0 Å². The van der Waals surface area contributed by atoms with Gasteiger partial charge in [-0.2, -0.15) is 0 Å². The van der Waals surface area contributed by atoms with E-state index in [1.165, 1.54) is 0 Å². The minimum Gasteiger partial charge on any atom is -0.494 e. The van der Waals surface area contributed by atoms with Crippen molar-refractivity contribution < 1.29 is 28.7 Å². The van der Waals surface area contributed by atoms with E-state index >= 15 is 0 Å². The number of hydrogen-bond acceptors (Lipinski definition) is 6. The number of unbranched alkanes of at least 4 members (excludes halogenated alkanes) is 2. The fraction of sp³-hybridized carbons (Fsp3) is 0.407. The normalized spacial score (nSPS) is 10.4. The number of ether oxygens (including phenoxy) is 2. The van der Waals surface area contributed by atoms with E-state index in [0.717, 1.165) is 25.7 Å². The number of nitrogens with one attached hydrogen (secondary N) is 1. The molecule has 0 aliphatic rings. The molecule has 2 aromatic rings. The Morgan fingerprint density at radius 2 is 1.38 bits per heavy atom. The minimum atomic E-state index is -0.610. The van der Waals surface area contributed by atoms with Crippen LogP contribution in [0.15, 0.2) is 48.5 Å². The van der Waals surface area contributed by atoms with Crippen molar-refractivity contribution in [3.05, 3.63) is 59.7 Å². The molecule has 7 nitrogen and oxygen atoms in total. The highest BCUT2D eigenvalue weighted by Crippen LogP contribution is 2.15. The Morgan fingerprint density at radius 1 is 0.735 bits per heavy atom. The predicted molar refractivity (Wildman–Crippen MR) is 130 cm³/mol. The number of Topliss-reactive ketones (excluding diaryl/α,β-unsaturated/α-hetero) is 2. The fourth-order valence-electron chi connectivity index (χ4n) is 3.13. The molecule has 182 valence electrons. The maximum absolute atomic E-state index is 12.3. The third-order valence-corrected chi connectivity index (χ3v) is 5.08. The molecule has 0 bridgehead atoms. The van der Waals surface area contributed by atoms with Crippen molar-refractivity contribution in [3.8, 4) is 5.75 Å². The lowest BCUT2D eigenvalue weighted by Gasteiger charge is -2.07. The van der Waals surface area contributed by atoms with Crippen molar-refractivity contribution >= 4 is 29.1 Å². The zero-order valence-corrected chi connectivity index (χ0v) is 19.9. The van der Waals surface area contributed by atoms with E-state index in [0.29, 0.717) is 35.6 Å². The molecule has 2 aromatic carbocycles. The quantitative estimate of drug-likeness (QED) is 0.214. The van der Waals surface area contributed by atoms with E-state index in [4.69, 9.17) is 9.47 Å². The van der Waals surface area contributed by atoms with Crippen molar-refractivity contribution in [3.63, 3.8) is 0 Å². The van der Waals surface area contributed by atoms with Gasteiger partial charge in [0.2, 0.25) is 5.91 Å². The van der Waals surface area contributed by atoms with E-state index in [2.05, 4.69) is 12.2 Å². The third-order valence-electron chi connectivity index (χ3n) is 5.08. The highest BCUT2D eigenvalue weighted by atomic mass is 16.5. The summed E-state index contributed by atoms with van der Waals surface area (Å²) >= 11 is 0. The van der Waals surface area contributed by atoms with Gasteiger partial charge in [0.05, 0.1) is 13.0 Å². The van der Waals surface area contributed by atoms with Crippen LogP contribution in [0.4, 0.5) is 5.69 Å². The largest absolute Gasteiger partial charge is 0.494 e. The van der Waals surface area contributed by atoms with Crippen LogP contribution in [-0.2, 0) is 14.3 Å². The molecule has 0 atom stereocenters. The number of anilines is 1. The zero-order chi connectivity index (χ0) is 24.8. The lowest BCUT2D eigenvalue weighted by atomic mass is 10.1. The Kier molecular flexibility index (Phi) is 11.5. The summed E-state index contributed by atoms with van der Waals surface area (Å²) in [5, 5.41) is 2.74. The standard InChI is InChI=1S/C27H33NO6/c1-3-5-6-18-33-23-14-10-20(11-15-23)24(29)16-17-27(32)34-19-25(30)21-8-12-22(13-9-21)28-26(31)7-4-2/h8-15H,3-7,16-19H2,1-2H3,(H,28,31). The van der Waals surface area contributed by atoms with E-state index in [1.54, 1.807) is 48.5 Å². The summed E-state index contributed by atoms with van der Waals surface area (Å²) in [6, 6.07) is 13.2. The number of ketones is 2. The molecule has 0 spiro atoms.